The van der Waals surface area contributed by atoms with Crippen molar-refractivity contribution in [3.8, 4) is 0 Å². The molecule has 0 amide bonds. The number of nitrogens with zero attached hydrogens (tertiary/aromatic N) is 3. The van der Waals surface area contributed by atoms with Crippen molar-refractivity contribution in [3.63, 3.8) is 0 Å². The van der Waals surface area contributed by atoms with Crippen LogP contribution in [-0.4, -0.2) is 19.9 Å². The zero-order chi connectivity index (χ0) is 12.3. The number of ketones is 1. The Labute approximate surface area is 101 Å². The van der Waals surface area contributed by atoms with Crippen LogP contribution in [0.3, 0.4) is 0 Å². The van der Waals surface area contributed by atoms with E-state index in [4.69, 9.17) is 0 Å². The van der Waals surface area contributed by atoms with Crippen molar-refractivity contribution >= 4 is 5.78 Å². The van der Waals surface area contributed by atoms with Crippen molar-refractivity contribution in [2.75, 3.05) is 0 Å². The zero-order valence-electron chi connectivity index (χ0n) is 10.3. The molecule has 0 aliphatic rings. The summed E-state index contributed by atoms with van der Waals surface area (Å²) in [5.74, 6) is 1.11. The highest BCUT2D eigenvalue weighted by atomic mass is 16.1. The van der Waals surface area contributed by atoms with E-state index < -0.39 is 0 Å². The lowest BCUT2D eigenvalue weighted by Crippen LogP contribution is -2.12. The number of aromatic nitrogens is 3. The summed E-state index contributed by atoms with van der Waals surface area (Å²) in [6.45, 7) is 2.48. The highest BCUT2D eigenvalue weighted by Crippen LogP contribution is 2.06. The Bertz CT molecular complexity index is 510. The van der Waals surface area contributed by atoms with E-state index >= 15 is 0 Å². The van der Waals surface area contributed by atoms with Crippen molar-refractivity contribution in [1.82, 2.24) is 14.1 Å². The first-order valence-corrected chi connectivity index (χ1v) is 5.86. The fourth-order valence-electron chi connectivity index (χ4n) is 1.85. The summed E-state index contributed by atoms with van der Waals surface area (Å²) in [5, 5.41) is 0. The Morgan fingerprint density at radius 2 is 2.24 bits per heavy atom. The van der Waals surface area contributed by atoms with Gasteiger partial charge in [0, 0.05) is 43.8 Å². The van der Waals surface area contributed by atoms with E-state index in [2.05, 4.69) is 11.9 Å². The molecule has 0 fully saturated rings. The number of hydrogen-bond donors (Lipinski definition) is 0. The van der Waals surface area contributed by atoms with Crippen molar-refractivity contribution in [2.45, 2.75) is 26.3 Å². The lowest BCUT2D eigenvalue weighted by Gasteiger charge is -2.05. The maximum absolute atomic E-state index is 12.0. The Hall–Kier alpha value is -1.84. The zero-order valence-corrected chi connectivity index (χ0v) is 10.3. The molecule has 0 saturated heterocycles. The second-order valence-corrected chi connectivity index (χ2v) is 4.21. The van der Waals surface area contributed by atoms with Crippen LogP contribution in [0.15, 0.2) is 30.9 Å². The molecule has 0 saturated carbocycles. The highest BCUT2D eigenvalue weighted by molar-refractivity contribution is 5.95. The van der Waals surface area contributed by atoms with Crippen LogP contribution in [0.5, 0.6) is 0 Å². The van der Waals surface area contributed by atoms with E-state index in [1.165, 1.54) is 0 Å². The van der Waals surface area contributed by atoms with E-state index in [0.717, 1.165) is 24.2 Å². The van der Waals surface area contributed by atoms with Crippen LogP contribution in [0.2, 0.25) is 0 Å². The van der Waals surface area contributed by atoms with Gasteiger partial charge < -0.3 is 9.13 Å². The molecule has 2 heterocycles. The molecular formula is C13H17N3O. The minimum absolute atomic E-state index is 0.126. The molecule has 0 bridgehead atoms. The van der Waals surface area contributed by atoms with Crippen LogP contribution in [0.1, 0.15) is 29.5 Å². The first kappa shape index (κ1) is 11.6. The van der Waals surface area contributed by atoms with Crippen LogP contribution in [-0.2, 0) is 20.0 Å². The number of carbonyl (C=O) groups is 1. The van der Waals surface area contributed by atoms with Gasteiger partial charge >= 0.3 is 0 Å². The average Bonchev–Trinajstić information content (AvgIpc) is 2.89. The SMILES string of the molecule is CCCc1nccn1CC(=O)c1ccn(C)c1. The van der Waals surface area contributed by atoms with Crippen molar-refractivity contribution in [3.05, 3.63) is 42.2 Å². The van der Waals surface area contributed by atoms with Gasteiger partial charge in [-0.3, -0.25) is 4.79 Å². The van der Waals surface area contributed by atoms with Gasteiger partial charge in [-0.2, -0.15) is 0 Å². The molecule has 0 aliphatic heterocycles. The first-order valence-electron chi connectivity index (χ1n) is 5.86. The number of aryl methyl sites for hydroxylation is 2. The monoisotopic (exact) mass is 231 g/mol. The largest absolute Gasteiger partial charge is 0.357 e. The molecule has 0 radical (unpaired) electrons. The van der Waals surface area contributed by atoms with E-state index in [1.807, 2.05) is 40.8 Å². The van der Waals surface area contributed by atoms with Crippen LogP contribution in [0.4, 0.5) is 0 Å². The number of imidazole rings is 1. The van der Waals surface area contributed by atoms with Gasteiger partial charge in [-0.15, -0.1) is 0 Å². The quantitative estimate of drug-likeness (QED) is 0.739. The first-order chi connectivity index (χ1) is 8.20. The van der Waals surface area contributed by atoms with Crippen LogP contribution >= 0.6 is 0 Å². The summed E-state index contributed by atoms with van der Waals surface area (Å²) < 4.78 is 3.81. The molecule has 4 heteroatoms. The van der Waals surface area contributed by atoms with Gasteiger partial charge in [0.15, 0.2) is 5.78 Å². The van der Waals surface area contributed by atoms with Gasteiger partial charge in [-0.1, -0.05) is 6.92 Å². The molecule has 90 valence electrons. The molecule has 2 aromatic heterocycles. The molecule has 2 aromatic rings. The number of carbonyl (C=O) groups excluding carboxylic acids is 1. The summed E-state index contributed by atoms with van der Waals surface area (Å²) in [4.78, 5) is 16.3. The molecule has 2 rings (SSSR count). The topological polar surface area (TPSA) is 39.8 Å². The third kappa shape index (κ3) is 2.64. The fraction of sp³-hybridized carbons (Fsp3) is 0.385. The van der Waals surface area contributed by atoms with Crippen LogP contribution in [0.25, 0.3) is 0 Å². The predicted molar refractivity (Wildman–Crippen MR) is 66.0 cm³/mol. The van der Waals surface area contributed by atoms with Gasteiger partial charge in [-0.05, 0) is 12.5 Å². The van der Waals surface area contributed by atoms with E-state index in [-0.39, 0.29) is 5.78 Å². The molecule has 0 unspecified atom stereocenters. The second-order valence-electron chi connectivity index (χ2n) is 4.21. The Balaban J connectivity index is 2.10. The third-order valence-electron chi connectivity index (χ3n) is 2.74. The van der Waals surface area contributed by atoms with Crippen LogP contribution in [0, 0.1) is 0 Å². The predicted octanol–water partition coefficient (Wildman–Crippen LogP) is 2.06. The van der Waals surface area contributed by atoms with E-state index in [0.29, 0.717) is 6.54 Å². The molecule has 0 atom stereocenters. The van der Waals surface area contributed by atoms with Crippen molar-refractivity contribution in [2.24, 2.45) is 7.05 Å². The average molecular weight is 231 g/mol. The Kier molecular flexibility index (Phi) is 3.42. The summed E-state index contributed by atoms with van der Waals surface area (Å²) in [6.07, 6.45) is 9.30. The summed E-state index contributed by atoms with van der Waals surface area (Å²) in [5.41, 5.74) is 0.753. The Morgan fingerprint density at radius 1 is 1.41 bits per heavy atom. The van der Waals surface area contributed by atoms with Crippen molar-refractivity contribution in [1.29, 1.82) is 0 Å². The summed E-state index contributed by atoms with van der Waals surface area (Å²) >= 11 is 0. The molecular weight excluding hydrogens is 214 g/mol. The summed E-state index contributed by atoms with van der Waals surface area (Å²) in [6, 6.07) is 1.85. The van der Waals surface area contributed by atoms with E-state index in [1.54, 1.807) is 6.20 Å². The number of hydrogen-bond acceptors (Lipinski definition) is 2. The van der Waals surface area contributed by atoms with Crippen LogP contribution < -0.4 is 0 Å². The molecule has 4 nitrogen and oxygen atoms in total. The van der Waals surface area contributed by atoms with Gasteiger partial charge in [0.05, 0.1) is 6.54 Å². The minimum atomic E-state index is 0.126. The van der Waals surface area contributed by atoms with Crippen molar-refractivity contribution < 1.29 is 4.79 Å². The highest BCUT2D eigenvalue weighted by Gasteiger charge is 2.10. The van der Waals surface area contributed by atoms with Gasteiger partial charge in [0.2, 0.25) is 0 Å². The molecule has 0 spiro atoms. The fourth-order valence-corrected chi connectivity index (χ4v) is 1.85. The molecule has 0 aromatic carbocycles. The lowest BCUT2D eigenvalue weighted by molar-refractivity contribution is 0.0971. The van der Waals surface area contributed by atoms with Gasteiger partial charge in [0.25, 0.3) is 0 Å². The standard InChI is InChI=1S/C13H17N3O/c1-3-4-13-14-6-8-16(13)10-12(17)11-5-7-15(2)9-11/h5-9H,3-4,10H2,1-2H3. The maximum atomic E-state index is 12.0. The second kappa shape index (κ2) is 4.99. The third-order valence-corrected chi connectivity index (χ3v) is 2.74. The molecule has 0 N–H and O–H groups in total. The lowest BCUT2D eigenvalue weighted by atomic mass is 10.2. The number of Topliss-reactive ketones (excluding diaryl/α,β-unsaturated/α-hetero) is 1. The maximum Gasteiger partial charge on any atom is 0.184 e. The normalized spacial score (nSPS) is 10.7. The van der Waals surface area contributed by atoms with Gasteiger partial charge in [0.1, 0.15) is 5.82 Å². The molecule has 17 heavy (non-hydrogen) atoms. The molecule has 0 aliphatic carbocycles. The smallest absolute Gasteiger partial charge is 0.184 e. The Morgan fingerprint density at radius 3 is 2.88 bits per heavy atom. The van der Waals surface area contributed by atoms with Gasteiger partial charge in [-0.25, -0.2) is 4.98 Å². The number of rotatable bonds is 5. The van der Waals surface area contributed by atoms with E-state index in [9.17, 15) is 4.79 Å². The minimum Gasteiger partial charge on any atom is -0.357 e. The summed E-state index contributed by atoms with van der Waals surface area (Å²) in [7, 11) is 1.91.